The summed E-state index contributed by atoms with van der Waals surface area (Å²) < 4.78 is 5.40. The molecule has 0 spiro atoms. The van der Waals surface area contributed by atoms with Gasteiger partial charge in [0.2, 0.25) is 0 Å². The van der Waals surface area contributed by atoms with Crippen LogP contribution in [0, 0.1) is 5.92 Å². The molecule has 1 fully saturated rings. The number of ether oxygens (including phenoxy) is 1. The Balaban J connectivity index is 2.15. The van der Waals surface area contributed by atoms with Crippen LogP contribution in [0.25, 0.3) is 0 Å². The van der Waals surface area contributed by atoms with E-state index in [1.807, 2.05) is 45.0 Å². The van der Waals surface area contributed by atoms with Crippen LogP contribution in [0.3, 0.4) is 0 Å². The first kappa shape index (κ1) is 16.1. The monoisotopic (exact) mass is 311 g/mol. The number of halogens is 1. The summed E-state index contributed by atoms with van der Waals surface area (Å²) in [5.74, 6) is 0.0219. The maximum Gasteiger partial charge on any atom is 0.410 e. The normalized spacial score (nSPS) is 22.4. The minimum Gasteiger partial charge on any atom is -0.444 e. The molecule has 0 bridgehead atoms. The molecule has 1 N–H and O–H groups in total. The average molecular weight is 312 g/mol. The van der Waals surface area contributed by atoms with E-state index in [9.17, 15) is 9.90 Å². The molecule has 4 nitrogen and oxygen atoms in total. The smallest absolute Gasteiger partial charge is 0.410 e. The third kappa shape index (κ3) is 3.89. The van der Waals surface area contributed by atoms with Gasteiger partial charge in [-0.25, -0.2) is 4.79 Å². The Morgan fingerprint density at radius 1 is 1.38 bits per heavy atom. The standard InChI is InChI=1S/C16H22ClNO3/c1-16(2,3)21-15(20)18-8-11(10-19)13(9-18)12-6-4-5-7-14(12)17/h4-7,11,13,19H,8-10H2,1-3H3/t11-,13+/m0/s1. The fourth-order valence-corrected chi connectivity index (χ4v) is 2.94. The van der Waals surface area contributed by atoms with Gasteiger partial charge in [0.15, 0.2) is 0 Å². The van der Waals surface area contributed by atoms with Crippen LogP contribution >= 0.6 is 11.6 Å². The number of likely N-dealkylation sites (tertiary alicyclic amines) is 1. The van der Waals surface area contributed by atoms with E-state index in [1.54, 1.807) is 4.90 Å². The highest BCUT2D eigenvalue weighted by atomic mass is 35.5. The first-order chi connectivity index (χ1) is 9.81. The fraction of sp³-hybridized carbons (Fsp3) is 0.562. The van der Waals surface area contributed by atoms with Gasteiger partial charge in [-0.3, -0.25) is 0 Å². The molecule has 0 saturated carbocycles. The second-order valence-electron chi connectivity index (χ2n) is 6.46. The second-order valence-corrected chi connectivity index (χ2v) is 6.86. The third-order valence-electron chi connectivity index (χ3n) is 3.63. The lowest BCUT2D eigenvalue weighted by Crippen LogP contribution is -2.35. The number of amides is 1. The number of benzene rings is 1. The van der Waals surface area contributed by atoms with Crippen LogP contribution in [-0.2, 0) is 4.74 Å². The van der Waals surface area contributed by atoms with Gasteiger partial charge in [-0.05, 0) is 32.4 Å². The van der Waals surface area contributed by atoms with E-state index in [0.717, 1.165) is 5.56 Å². The Labute approximate surface area is 130 Å². The van der Waals surface area contributed by atoms with Crippen LogP contribution < -0.4 is 0 Å². The Hall–Kier alpha value is -1.26. The summed E-state index contributed by atoms with van der Waals surface area (Å²) in [7, 11) is 0. The summed E-state index contributed by atoms with van der Waals surface area (Å²) in [6.07, 6.45) is -0.337. The maximum absolute atomic E-state index is 12.2. The van der Waals surface area contributed by atoms with E-state index >= 15 is 0 Å². The molecule has 0 unspecified atom stereocenters. The van der Waals surface area contributed by atoms with Crippen LogP contribution in [-0.4, -0.2) is 41.4 Å². The third-order valence-corrected chi connectivity index (χ3v) is 3.98. The lowest BCUT2D eigenvalue weighted by atomic mass is 9.89. The van der Waals surface area contributed by atoms with Crippen molar-refractivity contribution < 1.29 is 14.6 Å². The van der Waals surface area contributed by atoms with E-state index in [2.05, 4.69) is 0 Å². The van der Waals surface area contributed by atoms with Crippen LogP contribution in [0.2, 0.25) is 5.02 Å². The molecule has 5 heteroatoms. The maximum atomic E-state index is 12.2. The summed E-state index contributed by atoms with van der Waals surface area (Å²) in [5.41, 5.74) is 0.457. The average Bonchev–Trinajstić information content (AvgIpc) is 2.81. The van der Waals surface area contributed by atoms with E-state index < -0.39 is 5.60 Å². The van der Waals surface area contributed by atoms with Crippen LogP contribution in [0.15, 0.2) is 24.3 Å². The predicted molar refractivity (Wildman–Crippen MR) is 82.6 cm³/mol. The molecule has 1 aromatic carbocycles. The van der Waals surface area contributed by atoms with E-state index in [0.29, 0.717) is 18.1 Å². The molecule has 1 saturated heterocycles. The first-order valence-corrected chi connectivity index (χ1v) is 7.53. The number of nitrogens with zero attached hydrogens (tertiary/aromatic N) is 1. The van der Waals surface area contributed by atoms with E-state index in [-0.39, 0.29) is 24.5 Å². The molecule has 2 atom stereocenters. The van der Waals surface area contributed by atoms with Crippen LogP contribution in [0.1, 0.15) is 32.3 Å². The number of hydrogen-bond donors (Lipinski definition) is 1. The lowest BCUT2D eigenvalue weighted by molar-refractivity contribution is 0.0283. The topological polar surface area (TPSA) is 49.8 Å². The number of aliphatic hydroxyl groups is 1. The van der Waals surface area contributed by atoms with Crippen molar-refractivity contribution in [3.63, 3.8) is 0 Å². The summed E-state index contributed by atoms with van der Waals surface area (Å²) in [5, 5.41) is 10.3. The van der Waals surface area contributed by atoms with Crippen molar-refractivity contribution in [2.24, 2.45) is 5.92 Å². The Morgan fingerprint density at radius 2 is 2.05 bits per heavy atom. The van der Waals surface area contributed by atoms with Gasteiger partial charge in [0.1, 0.15) is 5.60 Å². The summed E-state index contributed by atoms with van der Waals surface area (Å²) in [6.45, 7) is 6.56. The highest BCUT2D eigenvalue weighted by molar-refractivity contribution is 6.31. The SMILES string of the molecule is CC(C)(C)OC(=O)N1C[C@@H](CO)[C@H](c2ccccc2Cl)C1. The van der Waals surface area contributed by atoms with Gasteiger partial charge < -0.3 is 14.7 Å². The molecule has 21 heavy (non-hydrogen) atoms. The minimum absolute atomic E-state index is 0.0163. The van der Waals surface area contributed by atoms with Crippen molar-refractivity contribution in [2.45, 2.75) is 32.3 Å². The predicted octanol–water partition coefficient (Wildman–Crippen LogP) is 3.28. The molecule has 0 radical (unpaired) electrons. The number of aliphatic hydroxyl groups excluding tert-OH is 1. The Bertz CT molecular complexity index is 512. The highest BCUT2D eigenvalue weighted by Crippen LogP contribution is 2.36. The van der Waals surface area contributed by atoms with Gasteiger partial charge in [0.05, 0.1) is 0 Å². The second kappa shape index (κ2) is 6.24. The lowest BCUT2D eigenvalue weighted by Gasteiger charge is -2.24. The molecule has 0 aromatic heterocycles. The molecule has 0 aliphatic carbocycles. The molecule has 1 heterocycles. The van der Waals surface area contributed by atoms with Crippen molar-refractivity contribution >= 4 is 17.7 Å². The molecule has 116 valence electrons. The number of hydrogen-bond acceptors (Lipinski definition) is 3. The van der Waals surface area contributed by atoms with Gasteiger partial charge in [-0.15, -0.1) is 0 Å². The molecule has 1 aromatic rings. The van der Waals surface area contributed by atoms with Crippen molar-refractivity contribution in [3.05, 3.63) is 34.9 Å². The first-order valence-electron chi connectivity index (χ1n) is 7.15. The molecule has 1 aliphatic rings. The van der Waals surface area contributed by atoms with Gasteiger partial charge >= 0.3 is 6.09 Å². The fourth-order valence-electron chi connectivity index (χ4n) is 2.66. The number of rotatable bonds is 2. The van der Waals surface area contributed by atoms with Gasteiger partial charge in [0, 0.05) is 36.6 Å². The summed E-state index contributed by atoms with van der Waals surface area (Å²) >= 11 is 6.24. The Kier molecular flexibility index (Phi) is 4.79. The van der Waals surface area contributed by atoms with Gasteiger partial charge in [-0.1, -0.05) is 29.8 Å². The quantitative estimate of drug-likeness (QED) is 0.912. The molecule has 1 aliphatic heterocycles. The molecule has 2 rings (SSSR count). The largest absolute Gasteiger partial charge is 0.444 e. The van der Waals surface area contributed by atoms with Gasteiger partial charge in [-0.2, -0.15) is 0 Å². The van der Waals surface area contributed by atoms with Crippen LogP contribution in [0.4, 0.5) is 4.79 Å². The summed E-state index contributed by atoms with van der Waals surface area (Å²) in [4.78, 5) is 13.8. The zero-order valence-electron chi connectivity index (χ0n) is 12.7. The van der Waals surface area contributed by atoms with E-state index in [4.69, 9.17) is 16.3 Å². The minimum atomic E-state index is -0.520. The summed E-state index contributed by atoms with van der Waals surface area (Å²) in [6, 6.07) is 7.59. The van der Waals surface area contributed by atoms with Crippen molar-refractivity contribution in [1.82, 2.24) is 4.90 Å². The zero-order valence-corrected chi connectivity index (χ0v) is 13.4. The molecular formula is C16H22ClNO3. The van der Waals surface area contributed by atoms with Crippen molar-refractivity contribution in [1.29, 1.82) is 0 Å². The van der Waals surface area contributed by atoms with Gasteiger partial charge in [0.25, 0.3) is 0 Å². The van der Waals surface area contributed by atoms with Crippen molar-refractivity contribution in [3.8, 4) is 0 Å². The highest BCUT2D eigenvalue weighted by Gasteiger charge is 2.38. The Morgan fingerprint density at radius 3 is 2.62 bits per heavy atom. The van der Waals surface area contributed by atoms with Crippen molar-refractivity contribution in [2.75, 3.05) is 19.7 Å². The molecular weight excluding hydrogens is 290 g/mol. The number of carbonyl (C=O) groups is 1. The van der Waals surface area contributed by atoms with Crippen LogP contribution in [0.5, 0.6) is 0 Å². The zero-order chi connectivity index (χ0) is 15.6. The number of carbonyl (C=O) groups excluding carboxylic acids is 1. The van der Waals surface area contributed by atoms with E-state index in [1.165, 1.54) is 0 Å². The molecule has 1 amide bonds.